The van der Waals surface area contributed by atoms with Crippen molar-refractivity contribution in [3.8, 4) is 0 Å². The number of hydrogen-bond donors (Lipinski definition) is 1. The summed E-state index contributed by atoms with van der Waals surface area (Å²) in [4.78, 5) is 0. The minimum absolute atomic E-state index is 0.319. The van der Waals surface area contributed by atoms with Gasteiger partial charge >= 0.3 is 0 Å². The van der Waals surface area contributed by atoms with Crippen molar-refractivity contribution in [2.24, 2.45) is 0 Å². The molecule has 0 saturated carbocycles. The van der Waals surface area contributed by atoms with Crippen LogP contribution in [0.4, 0.5) is 0 Å². The second-order valence-electron chi connectivity index (χ2n) is 3.74. The van der Waals surface area contributed by atoms with Gasteiger partial charge in [-0.3, -0.25) is 0 Å². The zero-order valence-corrected chi connectivity index (χ0v) is 13.1. The third-order valence-corrected chi connectivity index (χ3v) is 6.04. The third kappa shape index (κ3) is 11.5. The summed E-state index contributed by atoms with van der Waals surface area (Å²) < 4.78 is 0.705. The Morgan fingerprint density at radius 1 is 1.00 bits per heavy atom. The first-order chi connectivity index (χ1) is 7.85. The fourth-order valence-corrected chi connectivity index (χ4v) is 4.71. The molecule has 0 heterocycles. The topological polar surface area (TPSA) is 20.2 Å². The SMILES string of the molecule is CCCCCCC(SCCO)SCCSC. The van der Waals surface area contributed by atoms with E-state index in [9.17, 15) is 0 Å². The molecule has 0 amide bonds. The summed E-state index contributed by atoms with van der Waals surface area (Å²) in [6.45, 7) is 2.57. The monoisotopic (exact) mass is 282 g/mol. The van der Waals surface area contributed by atoms with Gasteiger partial charge in [-0.1, -0.05) is 32.6 Å². The van der Waals surface area contributed by atoms with Gasteiger partial charge < -0.3 is 5.11 Å². The zero-order chi connectivity index (χ0) is 12.1. The summed E-state index contributed by atoms with van der Waals surface area (Å²) in [7, 11) is 0. The molecule has 4 heteroatoms. The highest BCUT2D eigenvalue weighted by Gasteiger charge is 2.08. The molecule has 16 heavy (non-hydrogen) atoms. The van der Waals surface area contributed by atoms with Gasteiger partial charge in [0.25, 0.3) is 0 Å². The van der Waals surface area contributed by atoms with Crippen LogP contribution in [-0.4, -0.2) is 39.8 Å². The molecule has 0 radical (unpaired) electrons. The van der Waals surface area contributed by atoms with Crippen molar-refractivity contribution in [3.05, 3.63) is 0 Å². The second kappa shape index (κ2) is 14.1. The Labute approximate surface area is 114 Å². The Kier molecular flexibility index (Phi) is 15.0. The number of rotatable bonds is 12. The summed E-state index contributed by atoms with van der Waals surface area (Å²) >= 11 is 5.93. The zero-order valence-electron chi connectivity index (χ0n) is 10.6. The summed E-state index contributed by atoms with van der Waals surface area (Å²) in [5, 5.41) is 8.86. The first kappa shape index (κ1) is 17.0. The van der Waals surface area contributed by atoms with E-state index >= 15 is 0 Å². The molecule has 1 unspecified atom stereocenters. The molecule has 1 N–H and O–H groups in total. The van der Waals surface area contributed by atoms with Gasteiger partial charge in [0.1, 0.15) is 0 Å². The molecular formula is C12H26OS3. The lowest BCUT2D eigenvalue weighted by atomic mass is 10.2. The van der Waals surface area contributed by atoms with Gasteiger partial charge in [-0.2, -0.15) is 11.8 Å². The van der Waals surface area contributed by atoms with Crippen LogP contribution in [0.3, 0.4) is 0 Å². The van der Waals surface area contributed by atoms with E-state index in [1.165, 1.54) is 43.6 Å². The second-order valence-corrected chi connectivity index (χ2v) is 7.64. The van der Waals surface area contributed by atoms with Crippen LogP contribution in [0.1, 0.15) is 39.0 Å². The smallest absolute Gasteiger partial charge is 0.0522 e. The van der Waals surface area contributed by atoms with E-state index in [0.717, 1.165) is 5.75 Å². The predicted octanol–water partition coefficient (Wildman–Crippen LogP) is 4.10. The van der Waals surface area contributed by atoms with Gasteiger partial charge in [-0.15, -0.1) is 23.5 Å². The maximum absolute atomic E-state index is 8.86. The molecule has 0 fully saturated rings. The largest absolute Gasteiger partial charge is 0.396 e. The van der Waals surface area contributed by atoms with Gasteiger partial charge in [0, 0.05) is 17.3 Å². The Hall–Kier alpha value is 1.01. The Morgan fingerprint density at radius 3 is 2.38 bits per heavy atom. The molecule has 0 spiro atoms. The first-order valence-electron chi connectivity index (χ1n) is 6.18. The van der Waals surface area contributed by atoms with Crippen LogP contribution in [0.25, 0.3) is 0 Å². The molecule has 0 aliphatic carbocycles. The average Bonchev–Trinajstić information content (AvgIpc) is 2.31. The lowest BCUT2D eigenvalue weighted by Gasteiger charge is -2.15. The average molecular weight is 283 g/mol. The van der Waals surface area contributed by atoms with E-state index in [4.69, 9.17) is 5.11 Å². The van der Waals surface area contributed by atoms with Crippen LogP contribution < -0.4 is 0 Å². The van der Waals surface area contributed by atoms with Gasteiger partial charge in [0.15, 0.2) is 0 Å². The molecule has 0 bridgehead atoms. The van der Waals surface area contributed by atoms with E-state index in [0.29, 0.717) is 11.2 Å². The van der Waals surface area contributed by atoms with E-state index < -0.39 is 0 Å². The van der Waals surface area contributed by atoms with E-state index in [1.807, 2.05) is 23.5 Å². The normalized spacial score (nSPS) is 12.9. The highest BCUT2D eigenvalue weighted by molar-refractivity contribution is 8.17. The minimum Gasteiger partial charge on any atom is -0.396 e. The van der Waals surface area contributed by atoms with Crippen molar-refractivity contribution in [1.29, 1.82) is 0 Å². The van der Waals surface area contributed by atoms with Crippen LogP contribution in [0.2, 0.25) is 0 Å². The number of unbranched alkanes of at least 4 members (excludes halogenated alkanes) is 3. The molecule has 0 aromatic carbocycles. The van der Waals surface area contributed by atoms with E-state index in [2.05, 4.69) is 24.9 Å². The number of thioether (sulfide) groups is 3. The summed E-state index contributed by atoms with van der Waals surface area (Å²) in [6.07, 6.45) is 8.88. The van der Waals surface area contributed by atoms with Crippen molar-refractivity contribution in [2.75, 3.05) is 30.1 Å². The molecule has 0 aromatic rings. The maximum Gasteiger partial charge on any atom is 0.0522 e. The first-order valence-corrected chi connectivity index (χ1v) is 9.67. The van der Waals surface area contributed by atoms with Crippen LogP contribution in [-0.2, 0) is 0 Å². The van der Waals surface area contributed by atoms with E-state index in [1.54, 1.807) is 0 Å². The van der Waals surface area contributed by atoms with Crippen molar-refractivity contribution in [3.63, 3.8) is 0 Å². The lowest BCUT2D eigenvalue weighted by Crippen LogP contribution is -2.03. The molecule has 0 aromatic heterocycles. The van der Waals surface area contributed by atoms with Gasteiger partial charge in [0.2, 0.25) is 0 Å². The molecule has 0 rings (SSSR count). The summed E-state index contributed by atoms with van der Waals surface area (Å²) in [5.41, 5.74) is 0. The van der Waals surface area contributed by atoms with Crippen LogP contribution >= 0.6 is 35.3 Å². The van der Waals surface area contributed by atoms with Crippen LogP contribution in [0, 0.1) is 0 Å². The van der Waals surface area contributed by atoms with Crippen LogP contribution in [0.5, 0.6) is 0 Å². The lowest BCUT2D eigenvalue weighted by molar-refractivity contribution is 0.322. The van der Waals surface area contributed by atoms with Gasteiger partial charge in [-0.05, 0) is 12.7 Å². The molecule has 0 aliphatic rings. The minimum atomic E-state index is 0.319. The number of aliphatic hydroxyl groups is 1. The van der Waals surface area contributed by atoms with Crippen molar-refractivity contribution in [2.45, 2.75) is 43.6 Å². The van der Waals surface area contributed by atoms with Gasteiger partial charge in [0.05, 0.1) is 11.2 Å². The Bertz CT molecular complexity index is 133. The fraction of sp³-hybridized carbons (Fsp3) is 1.00. The highest BCUT2D eigenvalue weighted by atomic mass is 32.2. The Balaban J connectivity index is 3.54. The quantitative estimate of drug-likeness (QED) is 0.429. The third-order valence-electron chi connectivity index (χ3n) is 2.28. The molecular weight excluding hydrogens is 256 g/mol. The molecule has 0 saturated heterocycles. The van der Waals surface area contributed by atoms with Gasteiger partial charge in [-0.25, -0.2) is 0 Å². The summed E-state index contributed by atoms with van der Waals surface area (Å²) in [5.74, 6) is 3.39. The fourth-order valence-electron chi connectivity index (χ4n) is 1.40. The van der Waals surface area contributed by atoms with E-state index in [-0.39, 0.29) is 0 Å². The molecule has 0 aliphatic heterocycles. The predicted molar refractivity (Wildman–Crippen MR) is 82.9 cm³/mol. The number of aliphatic hydroxyl groups excluding tert-OH is 1. The van der Waals surface area contributed by atoms with Crippen LogP contribution in [0.15, 0.2) is 0 Å². The molecule has 1 nitrogen and oxygen atoms in total. The molecule has 1 atom stereocenters. The van der Waals surface area contributed by atoms with Crippen molar-refractivity contribution < 1.29 is 5.11 Å². The Morgan fingerprint density at radius 2 is 1.75 bits per heavy atom. The standard InChI is InChI=1S/C12H26OS3/c1-3-4-5-6-7-12(15-9-8-13)16-11-10-14-2/h12-13H,3-11H2,1-2H3. The molecule has 98 valence electrons. The summed E-state index contributed by atoms with van der Waals surface area (Å²) in [6, 6.07) is 0. The van der Waals surface area contributed by atoms with Crippen molar-refractivity contribution >= 4 is 35.3 Å². The maximum atomic E-state index is 8.86. The van der Waals surface area contributed by atoms with Crippen molar-refractivity contribution in [1.82, 2.24) is 0 Å². The number of hydrogen-bond acceptors (Lipinski definition) is 4. The highest BCUT2D eigenvalue weighted by Crippen LogP contribution is 2.29.